The van der Waals surface area contributed by atoms with E-state index < -0.39 is 24.5 Å². The van der Waals surface area contributed by atoms with Gasteiger partial charge in [0, 0.05) is 0 Å². The summed E-state index contributed by atoms with van der Waals surface area (Å²) in [5.41, 5.74) is 5.75. The summed E-state index contributed by atoms with van der Waals surface area (Å²) in [7, 11) is 0. The molecule has 4 nitrogen and oxygen atoms in total. The molecule has 0 radical (unpaired) electrons. The Morgan fingerprint density at radius 2 is 2.09 bits per heavy atom. The Bertz CT molecular complexity index is 147. The average molecular weight is 172 g/mol. The molecule has 1 amide bonds. The molecule has 0 bridgehead atoms. The van der Waals surface area contributed by atoms with Gasteiger partial charge in [0.2, 0.25) is 0 Å². The molecule has 0 heterocycles. The van der Waals surface area contributed by atoms with E-state index in [1.54, 1.807) is 0 Å². The molecule has 0 aromatic carbocycles. The van der Waals surface area contributed by atoms with Crippen LogP contribution in [0.5, 0.6) is 0 Å². The summed E-state index contributed by atoms with van der Waals surface area (Å²) in [5.74, 6) is -1.25. The van der Waals surface area contributed by atoms with Crippen LogP contribution in [0.15, 0.2) is 0 Å². The number of alkyl halides is 3. The number of hydroxylamine groups is 1. The van der Waals surface area contributed by atoms with Gasteiger partial charge in [0.1, 0.15) is 0 Å². The van der Waals surface area contributed by atoms with E-state index in [-0.39, 0.29) is 0 Å². The lowest BCUT2D eigenvalue weighted by Gasteiger charge is -2.11. The Hall–Kier alpha value is -0.820. The van der Waals surface area contributed by atoms with Gasteiger partial charge in [0.15, 0.2) is 0 Å². The highest BCUT2D eigenvalue weighted by Crippen LogP contribution is 2.20. The van der Waals surface area contributed by atoms with Gasteiger partial charge in [-0.25, -0.2) is 5.48 Å². The van der Waals surface area contributed by atoms with Gasteiger partial charge in [-0.3, -0.25) is 10.0 Å². The van der Waals surface area contributed by atoms with Crippen molar-refractivity contribution in [2.75, 3.05) is 0 Å². The van der Waals surface area contributed by atoms with E-state index in [1.165, 1.54) is 0 Å². The van der Waals surface area contributed by atoms with Crippen molar-refractivity contribution in [3.05, 3.63) is 0 Å². The topological polar surface area (TPSA) is 75.4 Å². The van der Waals surface area contributed by atoms with Crippen molar-refractivity contribution in [2.45, 2.75) is 18.6 Å². The van der Waals surface area contributed by atoms with Crippen LogP contribution in [0.2, 0.25) is 0 Å². The van der Waals surface area contributed by atoms with Gasteiger partial charge < -0.3 is 5.73 Å². The Kier molecular flexibility index (Phi) is 3.27. The summed E-state index contributed by atoms with van der Waals surface area (Å²) in [6.45, 7) is 0. The van der Waals surface area contributed by atoms with Crippen LogP contribution in [-0.4, -0.2) is 23.3 Å². The largest absolute Gasteiger partial charge is 0.391 e. The summed E-state index contributed by atoms with van der Waals surface area (Å²) in [5, 5.41) is 7.86. The second-order valence-electron chi connectivity index (χ2n) is 1.90. The van der Waals surface area contributed by atoms with Crippen molar-refractivity contribution in [1.82, 2.24) is 5.48 Å². The molecular weight excluding hydrogens is 165 g/mol. The van der Waals surface area contributed by atoms with Crippen molar-refractivity contribution >= 4 is 5.91 Å². The molecule has 11 heavy (non-hydrogen) atoms. The maximum absolute atomic E-state index is 11.5. The highest BCUT2D eigenvalue weighted by Gasteiger charge is 2.33. The molecule has 1 unspecified atom stereocenters. The smallest absolute Gasteiger partial charge is 0.320 e. The number of amides is 1. The zero-order valence-corrected chi connectivity index (χ0v) is 5.35. The van der Waals surface area contributed by atoms with Crippen LogP contribution < -0.4 is 11.2 Å². The summed E-state index contributed by atoms with van der Waals surface area (Å²) in [4.78, 5) is 10.2. The number of nitrogens with one attached hydrogen (secondary N) is 1. The minimum absolute atomic E-state index is 1.02. The maximum atomic E-state index is 11.5. The molecule has 0 spiro atoms. The van der Waals surface area contributed by atoms with Gasteiger partial charge in [-0.1, -0.05) is 0 Å². The van der Waals surface area contributed by atoms with Gasteiger partial charge in [-0.05, 0) is 0 Å². The van der Waals surface area contributed by atoms with Crippen molar-refractivity contribution in [3.63, 3.8) is 0 Å². The third kappa shape index (κ3) is 4.57. The van der Waals surface area contributed by atoms with Crippen LogP contribution in [0, 0.1) is 0 Å². The van der Waals surface area contributed by atoms with E-state index in [2.05, 4.69) is 0 Å². The predicted molar refractivity (Wildman–Crippen MR) is 28.6 cm³/mol. The van der Waals surface area contributed by atoms with Crippen LogP contribution in [-0.2, 0) is 4.79 Å². The second kappa shape index (κ2) is 3.54. The molecular formula is C4H7F3N2O2. The van der Waals surface area contributed by atoms with E-state index in [9.17, 15) is 18.0 Å². The molecule has 0 aromatic rings. The zero-order valence-electron chi connectivity index (χ0n) is 5.35. The molecule has 7 heteroatoms. The first-order valence-corrected chi connectivity index (χ1v) is 2.63. The quantitative estimate of drug-likeness (QED) is 0.398. The van der Waals surface area contributed by atoms with E-state index >= 15 is 0 Å². The van der Waals surface area contributed by atoms with Crippen LogP contribution >= 0.6 is 0 Å². The number of rotatable bonds is 2. The molecule has 4 N–H and O–H groups in total. The number of hydrogen-bond acceptors (Lipinski definition) is 3. The predicted octanol–water partition coefficient (Wildman–Crippen LogP) is -0.229. The van der Waals surface area contributed by atoms with Crippen molar-refractivity contribution in [1.29, 1.82) is 0 Å². The van der Waals surface area contributed by atoms with E-state index in [0.29, 0.717) is 0 Å². The Morgan fingerprint density at radius 1 is 1.64 bits per heavy atom. The standard InChI is InChI=1S/C4H7F3N2O2/c5-4(6,7)1-2(8)3(10)9-11/h2,11H,1,8H2,(H,9,10). The summed E-state index contributed by atoms with van der Waals surface area (Å²) in [6.07, 6.45) is -5.94. The summed E-state index contributed by atoms with van der Waals surface area (Å²) < 4.78 is 34.4. The number of carbonyl (C=O) groups is 1. The highest BCUT2D eigenvalue weighted by molar-refractivity contribution is 5.80. The summed E-state index contributed by atoms with van der Waals surface area (Å²) in [6, 6.07) is -1.75. The second-order valence-corrected chi connectivity index (χ2v) is 1.90. The molecule has 1 atom stereocenters. The number of nitrogens with two attached hydrogens (primary N) is 1. The van der Waals surface area contributed by atoms with Gasteiger partial charge >= 0.3 is 6.18 Å². The fraction of sp³-hybridized carbons (Fsp3) is 0.750. The van der Waals surface area contributed by atoms with E-state index in [0.717, 1.165) is 5.48 Å². The summed E-state index contributed by atoms with van der Waals surface area (Å²) >= 11 is 0. The van der Waals surface area contributed by atoms with Crippen LogP contribution in [0.1, 0.15) is 6.42 Å². The highest BCUT2D eigenvalue weighted by atomic mass is 19.4. The third-order valence-electron chi connectivity index (χ3n) is 0.898. The first-order chi connectivity index (χ1) is 4.87. The minimum Gasteiger partial charge on any atom is -0.320 e. The van der Waals surface area contributed by atoms with E-state index in [4.69, 9.17) is 10.9 Å². The Labute approximate surface area is 60.1 Å². The lowest BCUT2D eigenvalue weighted by atomic mass is 10.2. The molecule has 0 aliphatic heterocycles. The van der Waals surface area contributed by atoms with Crippen molar-refractivity contribution in [2.24, 2.45) is 5.73 Å². The molecule has 0 aliphatic carbocycles. The number of halogens is 3. The lowest BCUT2D eigenvalue weighted by Crippen LogP contribution is -2.41. The molecule has 0 saturated heterocycles. The van der Waals surface area contributed by atoms with Gasteiger partial charge in [-0.15, -0.1) is 0 Å². The average Bonchev–Trinajstić information content (AvgIpc) is 1.82. The lowest BCUT2D eigenvalue weighted by molar-refractivity contribution is -0.151. The fourth-order valence-corrected chi connectivity index (χ4v) is 0.425. The van der Waals surface area contributed by atoms with E-state index in [1.807, 2.05) is 0 Å². The Balaban J connectivity index is 3.87. The van der Waals surface area contributed by atoms with Crippen molar-refractivity contribution < 1.29 is 23.2 Å². The molecule has 66 valence electrons. The fourth-order valence-electron chi connectivity index (χ4n) is 0.425. The maximum Gasteiger partial charge on any atom is 0.391 e. The molecule has 0 aliphatic rings. The Morgan fingerprint density at radius 3 is 2.36 bits per heavy atom. The molecule has 0 saturated carbocycles. The van der Waals surface area contributed by atoms with Gasteiger partial charge in [0.25, 0.3) is 5.91 Å². The number of carbonyl (C=O) groups excluding carboxylic acids is 1. The molecule has 0 fully saturated rings. The van der Waals surface area contributed by atoms with Crippen LogP contribution in [0.4, 0.5) is 13.2 Å². The molecule has 0 aromatic heterocycles. The van der Waals surface area contributed by atoms with Crippen LogP contribution in [0.25, 0.3) is 0 Å². The number of hydrogen-bond donors (Lipinski definition) is 3. The SMILES string of the molecule is NC(CC(F)(F)F)C(=O)NO. The van der Waals surface area contributed by atoms with Crippen molar-refractivity contribution in [3.8, 4) is 0 Å². The van der Waals surface area contributed by atoms with Gasteiger partial charge in [0.05, 0.1) is 12.5 Å². The molecule has 0 rings (SSSR count). The van der Waals surface area contributed by atoms with Crippen LogP contribution in [0.3, 0.4) is 0 Å². The monoisotopic (exact) mass is 172 g/mol. The first-order valence-electron chi connectivity index (χ1n) is 2.63. The zero-order chi connectivity index (χ0) is 9.07. The third-order valence-corrected chi connectivity index (χ3v) is 0.898. The van der Waals surface area contributed by atoms with Gasteiger partial charge in [-0.2, -0.15) is 13.2 Å². The minimum atomic E-state index is -4.49. The normalized spacial score (nSPS) is 14.3. The first kappa shape index (κ1) is 10.2.